The zero-order valence-corrected chi connectivity index (χ0v) is 10.8. The van der Waals surface area contributed by atoms with Crippen molar-refractivity contribution in [2.45, 2.75) is 0 Å². The van der Waals surface area contributed by atoms with E-state index >= 15 is 0 Å². The Hall–Kier alpha value is -2.19. The average molecular weight is 299 g/mol. The molecule has 2 heterocycles. The summed E-state index contributed by atoms with van der Waals surface area (Å²) in [5.74, 6) is 0. The zero-order chi connectivity index (χ0) is 12.5. The first kappa shape index (κ1) is 10.9. The molecule has 4 nitrogen and oxygen atoms in total. The number of nitrogens with zero attached hydrogens (tertiary/aromatic N) is 4. The lowest BCUT2D eigenvalue weighted by molar-refractivity contribution is 0.944. The van der Waals surface area contributed by atoms with Crippen molar-refractivity contribution in [3.05, 3.63) is 52.8 Å². The van der Waals surface area contributed by atoms with E-state index in [1.165, 1.54) is 0 Å². The molecule has 0 bridgehead atoms. The van der Waals surface area contributed by atoms with Crippen molar-refractivity contribution in [2.75, 3.05) is 0 Å². The van der Waals surface area contributed by atoms with Gasteiger partial charge in [0, 0.05) is 11.6 Å². The van der Waals surface area contributed by atoms with Crippen LogP contribution in [0.25, 0.3) is 16.9 Å². The Morgan fingerprint density at radius 2 is 2.00 bits per heavy atom. The predicted octanol–water partition coefficient (Wildman–Crippen LogP) is 3.03. The quantitative estimate of drug-likeness (QED) is 0.694. The molecule has 0 fully saturated rings. The van der Waals surface area contributed by atoms with Gasteiger partial charge in [0.1, 0.15) is 11.8 Å². The fraction of sp³-hybridized carbons (Fsp3) is 0. The van der Waals surface area contributed by atoms with Gasteiger partial charge in [0.15, 0.2) is 5.65 Å². The van der Waals surface area contributed by atoms with E-state index in [1.54, 1.807) is 16.8 Å². The molecular formula is C13H7BrN4. The lowest BCUT2D eigenvalue weighted by Gasteiger charge is -2.05. The Kier molecular flexibility index (Phi) is 2.58. The Bertz CT molecular complexity index is 756. The number of benzene rings is 1. The van der Waals surface area contributed by atoms with E-state index in [-0.39, 0.29) is 0 Å². The molecule has 5 heteroatoms. The van der Waals surface area contributed by atoms with Crippen molar-refractivity contribution in [1.82, 2.24) is 14.6 Å². The first-order valence-corrected chi connectivity index (χ1v) is 6.08. The van der Waals surface area contributed by atoms with Crippen LogP contribution in [0.3, 0.4) is 0 Å². The number of hydrogen-bond acceptors (Lipinski definition) is 3. The van der Waals surface area contributed by atoms with E-state index in [1.807, 2.05) is 30.3 Å². The molecule has 0 unspecified atom stereocenters. The van der Waals surface area contributed by atoms with Crippen molar-refractivity contribution in [2.24, 2.45) is 0 Å². The van der Waals surface area contributed by atoms with E-state index in [4.69, 9.17) is 5.26 Å². The van der Waals surface area contributed by atoms with E-state index < -0.39 is 0 Å². The zero-order valence-electron chi connectivity index (χ0n) is 9.21. The van der Waals surface area contributed by atoms with Crippen LogP contribution >= 0.6 is 15.9 Å². The van der Waals surface area contributed by atoms with Crippen LogP contribution in [-0.2, 0) is 0 Å². The molecule has 0 aliphatic heterocycles. The molecule has 18 heavy (non-hydrogen) atoms. The number of fused-ring (bicyclic) bond motifs is 1. The SMILES string of the molecule is N#Cc1cc(-c2ccccc2)n2ncc(Br)c2n1. The van der Waals surface area contributed by atoms with Crippen LogP contribution in [-0.4, -0.2) is 14.6 Å². The van der Waals surface area contributed by atoms with Crippen molar-refractivity contribution in [3.8, 4) is 17.3 Å². The number of halogens is 1. The molecule has 0 saturated heterocycles. The van der Waals surface area contributed by atoms with Gasteiger partial charge in [-0.1, -0.05) is 30.3 Å². The molecule has 0 spiro atoms. The van der Waals surface area contributed by atoms with Gasteiger partial charge in [-0.25, -0.2) is 9.50 Å². The average Bonchev–Trinajstić information content (AvgIpc) is 2.80. The largest absolute Gasteiger partial charge is 0.217 e. The van der Waals surface area contributed by atoms with Crippen LogP contribution in [0.5, 0.6) is 0 Å². The van der Waals surface area contributed by atoms with Crippen LogP contribution in [0, 0.1) is 11.3 Å². The molecular weight excluding hydrogens is 292 g/mol. The topological polar surface area (TPSA) is 54.0 Å². The molecule has 0 N–H and O–H groups in total. The van der Waals surface area contributed by atoms with Gasteiger partial charge in [-0.3, -0.25) is 0 Å². The van der Waals surface area contributed by atoms with Crippen LogP contribution in [0.4, 0.5) is 0 Å². The van der Waals surface area contributed by atoms with Gasteiger partial charge in [-0.2, -0.15) is 10.4 Å². The predicted molar refractivity (Wildman–Crippen MR) is 70.8 cm³/mol. The third-order valence-electron chi connectivity index (χ3n) is 2.61. The molecule has 0 aliphatic carbocycles. The molecule has 1 aromatic carbocycles. The van der Waals surface area contributed by atoms with Crippen molar-refractivity contribution < 1.29 is 0 Å². The van der Waals surface area contributed by atoms with Crippen LogP contribution in [0.2, 0.25) is 0 Å². The summed E-state index contributed by atoms with van der Waals surface area (Å²) >= 11 is 3.38. The van der Waals surface area contributed by atoms with Crippen LogP contribution < -0.4 is 0 Å². The minimum absolute atomic E-state index is 0.377. The molecule has 0 aliphatic rings. The third-order valence-corrected chi connectivity index (χ3v) is 3.17. The van der Waals surface area contributed by atoms with E-state index in [9.17, 15) is 0 Å². The van der Waals surface area contributed by atoms with Crippen molar-refractivity contribution in [3.63, 3.8) is 0 Å². The number of rotatable bonds is 1. The van der Waals surface area contributed by atoms with E-state index in [0.717, 1.165) is 15.7 Å². The first-order valence-electron chi connectivity index (χ1n) is 5.29. The molecule has 0 amide bonds. The molecule has 3 aromatic rings. The van der Waals surface area contributed by atoms with Gasteiger partial charge >= 0.3 is 0 Å². The Morgan fingerprint density at radius 3 is 2.72 bits per heavy atom. The summed E-state index contributed by atoms with van der Waals surface area (Å²) < 4.78 is 2.50. The van der Waals surface area contributed by atoms with Gasteiger partial charge in [0.25, 0.3) is 0 Å². The minimum Gasteiger partial charge on any atom is -0.217 e. The maximum Gasteiger partial charge on any atom is 0.171 e. The van der Waals surface area contributed by atoms with Crippen LogP contribution in [0.1, 0.15) is 5.69 Å². The second-order valence-electron chi connectivity index (χ2n) is 3.73. The molecule has 3 rings (SSSR count). The smallest absolute Gasteiger partial charge is 0.171 e. The number of nitriles is 1. The van der Waals surface area contributed by atoms with Gasteiger partial charge in [0.05, 0.1) is 16.4 Å². The summed E-state index contributed by atoms with van der Waals surface area (Å²) in [4.78, 5) is 4.23. The lowest BCUT2D eigenvalue weighted by atomic mass is 10.1. The summed E-state index contributed by atoms with van der Waals surface area (Å²) in [7, 11) is 0. The highest BCUT2D eigenvalue weighted by Crippen LogP contribution is 2.24. The highest BCUT2D eigenvalue weighted by atomic mass is 79.9. The maximum atomic E-state index is 9.04. The standard InChI is InChI=1S/C13H7BrN4/c14-11-8-16-18-12(9-4-2-1-3-5-9)6-10(7-15)17-13(11)18/h1-6,8H. The summed E-state index contributed by atoms with van der Waals surface area (Å²) in [6.07, 6.45) is 1.68. The van der Waals surface area contributed by atoms with Crippen molar-refractivity contribution in [1.29, 1.82) is 5.26 Å². The summed E-state index contributed by atoms with van der Waals surface area (Å²) in [6, 6.07) is 13.6. The fourth-order valence-electron chi connectivity index (χ4n) is 1.81. The normalized spacial score (nSPS) is 10.4. The van der Waals surface area contributed by atoms with Gasteiger partial charge < -0.3 is 0 Å². The van der Waals surface area contributed by atoms with E-state index in [0.29, 0.717) is 11.3 Å². The fourth-order valence-corrected chi connectivity index (χ4v) is 2.16. The summed E-state index contributed by atoms with van der Waals surface area (Å²) in [6.45, 7) is 0. The monoisotopic (exact) mass is 298 g/mol. The van der Waals surface area contributed by atoms with Crippen molar-refractivity contribution >= 4 is 21.6 Å². The minimum atomic E-state index is 0.377. The summed E-state index contributed by atoms with van der Waals surface area (Å²) in [5, 5.41) is 13.3. The highest BCUT2D eigenvalue weighted by molar-refractivity contribution is 9.10. The van der Waals surface area contributed by atoms with Crippen LogP contribution in [0.15, 0.2) is 47.1 Å². The first-order chi connectivity index (χ1) is 8.79. The Balaban J connectivity index is 2.38. The Morgan fingerprint density at radius 1 is 1.22 bits per heavy atom. The highest BCUT2D eigenvalue weighted by Gasteiger charge is 2.11. The number of aromatic nitrogens is 3. The second-order valence-corrected chi connectivity index (χ2v) is 4.59. The Labute approximate surface area is 112 Å². The van der Waals surface area contributed by atoms with Gasteiger partial charge in [0.2, 0.25) is 0 Å². The summed E-state index contributed by atoms with van der Waals surface area (Å²) in [5.41, 5.74) is 2.87. The third kappa shape index (κ3) is 1.67. The lowest BCUT2D eigenvalue weighted by Crippen LogP contribution is -1.98. The van der Waals surface area contributed by atoms with Gasteiger partial charge in [-0.15, -0.1) is 0 Å². The van der Waals surface area contributed by atoms with Gasteiger partial charge in [-0.05, 0) is 15.9 Å². The molecule has 0 radical (unpaired) electrons. The molecule has 2 aromatic heterocycles. The van der Waals surface area contributed by atoms with E-state index in [2.05, 4.69) is 32.1 Å². The molecule has 0 atom stereocenters. The molecule has 86 valence electrons. The number of hydrogen-bond donors (Lipinski definition) is 0. The second kappa shape index (κ2) is 4.24. The maximum absolute atomic E-state index is 9.04. The molecule has 0 saturated carbocycles.